The van der Waals surface area contributed by atoms with Crippen molar-refractivity contribution in [2.45, 2.75) is 39.2 Å². The molecule has 1 aliphatic carbocycles. The zero-order valence-electron chi connectivity index (χ0n) is 11.4. The molecule has 1 nitrogen and oxygen atoms in total. The summed E-state index contributed by atoms with van der Waals surface area (Å²) in [5.74, 6) is 0.709. The molecule has 0 spiro atoms. The highest BCUT2D eigenvalue weighted by Gasteiger charge is 2.42. The Morgan fingerprint density at radius 2 is 2.00 bits per heavy atom. The SMILES string of the molecule is CC1=CC[C@@H]2CO[C@@H](c3ccccc3)C[C@@]2(C)C1. The molecule has 0 aromatic heterocycles. The topological polar surface area (TPSA) is 9.23 Å². The highest BCUT2D eigenvalue weighted by atomic mass is 16.5. The Labute approximate surface area is 110 Å². The van der Waals surface area contributed by atoms with Crippen molar-refractivity contribution < 1.29 is 4.74 Å². The van der Waals surface area contributed by atoms with Crippen molar-refractivity contribution in [2.24, 2.45) is 11.3 Å². The van der Waals surface area contributed by atoms with Crippen LogP contribution in [0.1, 0.15) is 44.8 Å². The maximum absolute atomic E-state index is 6.10. The zero-order chi connectivity index (χ0) is 12.6. The largest absolute Gasteiger partial charge is 0.373 e. The maximum Gasteiger partial charge on any atom is 0.0830 e. The second kappa shape index (κ2) is 4.55. The molecule has 0 N–H and O–H groups in total. The van der Waals surface area contributed by atoms with Gasteiger partial charge in [0.1, 0.15) is 0 Å². The van der Waals surface area contributed by atoms with Crippen LogP contribution in [0.15, 0.2) is 42.0 Å². The van der Waals surface area contributed by atoms with E-state index in [9.17, 15) is 0 Å². The molecule has 1 aromatic carbocycles. The smallest absolute Gasteiger partial charge is 0.0830 e. The third-order valence-electron chi connectivity index (χ3n) is 4.74. The lowest BCUT2D eigenvalue weighted by Crippen LogP contribution is -2.40. The minimum Gasteiger partial charge on any atom is -0.373 e. The number of fused-ring (bicyclic) bond motifs is 1. The molecule has 18 heavy (non-hydrogen) atoms. The predicted octanol–water partition coefficient (Wildman–Crippen LogP) is 4.51. The van der Waals surface area contributed by atoms with E-state index in [0.29, 0.717) is 17.4 Å². The average Bonchev–Trinajstić information content (AvgIpc) is 2.38. The van der Waals surface area contributed by atoms with Gasteiger partial charge in [0, 0.05) is 0 Å². The summed E-state index contributed by atoms with van der Waals surface area (Å²) >= 11 is 0. The van der Waals surface area contributed by atoms with Gasteiger partial charge in [-0.05, 0) is 43.1 Å². The molecule has 1 aromatic rings. The van der Waals surface area contributed by atoms with E-state index in [1.165, 1.54) is 18.4 Å². The van der Waals surface area contributed by atoms with Crippen LogP contribution in [-0.2, 0) is 4.74 Å². The fourth-order valence-electron chi connectivity index (χ4n) is 3.59. The van der Waals surface area contributed by atoms with Gasteiger partial charge in [0.2, 0.25) is 0 Å². The molecule has 0 bridgehead atoms. The van der Waals surface area contributed by atoms with Crippen LogP contribution in [0.4, 0.5) is 0 Å². The molecule has 1 saturated heterocycles. The van der Waals surface area contributed by atoms with Crippen molar-refractivity contribution in [3.05, 3.63) is 47.5 Å². The Kier molecular flexibility index (Phi) is 3.03. The third-order valence-corrected chi connectivity index (χ3v) is 4.74. The molecule has 0 unspecified atom stereocenters. The molecule has 3 atom stereocenters. The van der Waals surface area contributed by atoms with Crippen molar-refractivity contribution >= 4 is 0 Å². The van der Waals surface area contributed by atoms with Gasteiger partial charge in [-0.3, -0.25) is 0 Å². The molecular weight excluding hydrogens is 220 g/mol. The lowest BCUT2D eigenvalue weighted by molar-refractivity contribution is -0.0900. The summed E-state index contributed by atoms with van der Waals surface area (Å²) in [6, 6.07) is 10.7. The molecule has 1 heteroatoms. The molecule has 0 saturated carbocycles. The van der Waals surface area contributed by atoms with Gasteiger partial charge >= 0.3 is 0 Å². The van der Waals surface area contributed by atoms with Crippen LogP contribution < -0.4 is 0 Å². The Morgan fingerprint density at radius 1 is 1.22 bits per heavy atom. The van der Waals surface area contributed by atoms with Gasteiger partial charge in [0.15, 0.2) is 0 Å². The second-order valence-corrected chi connectivity index (χ2v) is 6.25. The first kappa shape index (κ1) is 12.0. The van der Waals surface area contributed by atoms with Gasteiger partial charge in [0.05, 0.1) is 12.7 Å². The monoisotopic (exact) mass is 242 g/mol. The van der Waals surface area contributed by atoms with Gasteiger partial charge < -0.3 is 4.74 Å². The van der Waals surface area contributed by atoms with Gasteiger partial charge in [-0.2, -0.15) is 0 Å². The predicted molar refractivity (Wildman–Crippen MR) is 74.3 cm³/mol. The van der Waals surface area contributed by atoms with E-state index < -0.39 is 0 Å². The Bertz CT molecular complexity index is 448. The van der Waals surface area contributed by atoms with E-state index in [0.717, 1.165) is 13.0 Å². The average molecular weight is 242 g/mol. The summed E-state index contributed by atoms with van der Waals surface area (Å²) in [6.45, 7) is 5.64. The van der Waals surface area contributed by atoms with Crippen molar-refractivity contribution in [2.75, 3.05) is 6.61 Å². The van der Waals surface area contributed by atoms with Crippen LogP contribution in [-0.4, -0.2) is 6.61 Å². The minimum absolute atomic E-state index is 0.290. The number of benzene rings is 1. The van der Waals surface area contributed by atoms with Crippen LogP contribution in [0.25, 0.3) is 0 Å². The molecular formula is C17H22O. The molecule has 0 radical (unpaired) electrons. The zero-order valence-corrected chi connectivity index (χ0v) is 11.4. The van der Waals surface area contributed by atoms with Gasteiger partial charge in [-0.1, -0.05) is 48.9 Å². The van der Waals surface area contributed by atoms with Gasteiger partial charge in [-0.25, -0.2) is 0 Å². The van der Waals surface area contributed by atoms with E-state index in [4.69, 9.17) is 4.74 Å². The standard InChI is InChI=1S/C17H22O/c1-13-8-9-15-12-18-16(11-17(15,2)10-13)14-6-4-3-5-7-14/h3-8,15-16H,9-12H2,1-2H3/t15-,16-,17-/m1/s1. The number of allylic oxidation sites excluding steroid dienone is 2. The molecule has 2 aliphatic rings. The number of ether oxygens (including phenoxy) is 1. The highest BCUT2D eigenvalue weighted by Crippen LogP contribution is 2.50. The lowest BCUT2D eigenvalue weighted by atomic mass is 9.64. The first-order valence-electron chi connectivity index (χ1n) is 6.99. The van der Waals surface area contributed by atoms with Crippen molar-refractivity contribution in [3.63, 3.8) is 0 Å². The molecule has 96 valence electrons. The van der Waals surface area contributed by atoms with Gasteiger partial charge in [-0.15, -0.1) is 0 Å². The first-order valence-corrected chi connectivity index (χ1v) is 6.99. The Morgan fingerprint density at radius 3 is 2.78 bits per heavy atom. The van der Waals surface area contributed by atoms with Crippen LogP contribution in [0.5, 0.6) is 0 Å². The summed E-state index contributed by atoms with van der Waals surface area (Å²) in [5.41, 5.74) is 3.32. The fourth-order valence-corrected chi connectivity index (χ4v) is 3.59. The van der Waals surface area contributed by atoms with Crippen LogP contribution in [0.3, 0.4) is 0 Å². The van der Waals surface area contributed by atoms with Crippen molar-refractivity contribution in [1.29, 1.82) is 0 Å². The minimum atomic E-state index is 0.290. The van der Waals surface area contributed by atoms with E-state index in [2.05, 4.69) is 50.3 Å². The summed E-state index contributed by atoms with van der Waals surface area (Å²) in [5, 5.41) is 0. The van der Waals surface area contributed by atoms with E-state index in [1.54, 1.807) is 5.57 Å². The van der Waals surface area contributed by atoms with Crippen LogP contribution in [0.2, 0.25) is 0 Å². The number of hydrogen-bond acceptors (Lipinski definition) is 1. The van der Waals surface area contributed by atoms with E-state index in [-0.39, 0.29) is 0 Å². The molecule has 3 rings (SSSR count). The third kappa shape index (κ3) is 2.12. The van der Waals surface area contributed by atoms with Crippen LogP contribution >= 0.6 is 0 Å². The van der Waals surface area contributed by atoms with Crippen molar-refractivity contribution in [1.82, 2.24) is 0 Å². The van der Waals surface area contributed by atoms with E-state index >= 15 is 0 Å². The second-order valence-electron chi connectivity index (χ2n) is 6.25. The molecule has 1 fully saturated rings. The summed E-state index contributed by atoms with van der Waals surface area (Å²) in [6.07, 6.45) is 6.29. The molecule has 1 heterocycles. The summed E-state index contributed by atoms with van der Waals surface area (Å²) < 4.78 is 6.10. The Hall–Kier alpha value is -1.08. The summed E-state index contributed by atoms with van der Waals surface area (Å²) in [4.78, 5) is 0. The molecule has 1 aliphatic heterocycles. The molecule has 0 amide bonds. The van der Waals surface area contributed by atoms with Gasteiger partial charge in [0.25, 0.3) is 0 Å². The highest BCUT2D eigenvalue weighted by molar-refractivity contribution is 5.20. The lowest BCUT2D eigenvalue weighted by Gasteiger charge is -2.47. The fraction of sp³-hybridized carbons (Fsp3) is 0.529. The first-order chi connectivity index (χ1) is 8.67. The van der Waals surface area contributed by atoms with Crippen molar-refractivity contribution in [3.8, 4) is 0 Å². The number of hydrogen-bond donors (Lipinski definition) is 0. The Balaban J connectivity index is 1.82. The number of rotatable bonds is 1. The van der Waals surface area contributed by atoms with E-state index in [1.807, 2.05) is 0 Å². The summed E-state index contributed by atoms with van der Waals surface area (Å²) in [7, 11) is 0. The van der Waals surface area contributed by atoms with Crippen LogP contribution in [0, 0.1) is 11.3 Å². The quantitative estimate of drug-likeness (QED) is 0.658. The maximum atomic E-state index is 6.10. The normalized spacial score (nSPS) is 35.8.